The molecule has 7 heteroatoms. The minimum absolute atomic E-state index is 0.213. The maximum Gasteiger partial charge on any atom is 0.191 e. The third-order valence-corrected chi connectivity index (χ3v) is 3.44. The van der Waals surface area contributed by atoms with Crippen molar-refractivity contribution in [2.45, 2.75) is 6.92 Å². The molecule has 0 saturated carbocycles. The number of phenols is 1. The van der Waals surface area contributed by atoms with Gasteiger partial charge in [0.25, 0.3) is 0 Å². The molecular formula is C17H19N3O3S. The molecule has 0 spiro atoms. The molecule has 0 atom stereocenters. The molecule has 0 aromatic heterocycles. The van der Waals surface area contributed by atoms with Gasteiger partial charge < -0.3 is 19.9 Å². The first-order valence-corrected chi connectivity index (χ1v) is 7.57. The van der Waals surface area contributed by atoms with E-state index in [1.807, 2.05) is 13.0 Å². The molecular weight excluding hydrogens is 326 g/mol. The molecule has 2 aromatic carbocycles. The van der Waals surface area contributed by atoms with Gasteiger partial charge in [-0.15, -0.1) is 0 Å². The van der Waals surface area contributed by atoms with Crippen molar-refractivity contribution >= 4 is 28.7 Å². The zero-order valence-electron chi connectivity index (χ0n) is 13.7. The zero-order chi connectivity index (χ0) is 17.5. The Kier molecular flexibility index (Phi) is 5.97. The lowest BCUT2D eigenvalue weighted by atomic mass is 10.1. The van der Waals surface area contributed by atoms with Crippen molar-refractivity contribution in [3.63, 3.8) is 0 Å². The maximum absolute atomic E-state index is 9.30. The molecule has 0 saturated heterocycles. The van der Waals surface area contributed by atoms with E-state index in [0.717, 1.165) is 17.0 Å². The van der Waals surface area contributed by atoms with Crippen LogP contribution in [0.3, 0.4) is 0 Å². The maximum atomic E-state index is 9.30. The van der Waals surface area contributed by atoms with Crippen LogP contribution in [0.2, 0.25) is 0 Å². The number of hydrogen-bond donors (Lipinski definition) is 3. The van der Waals surface area contributed by atoms with E-state index < -0.39 is 0 Å². The van der Waals surface area contributed by atoms with Crippen LogP contribution in [0, 0.1) is 0 Å². The van der Waals surface area contributed by atoms with Crippen LogP contribution < -0.4 is 20.2 Å². The lowest BCUT2D eigenvalue weighted by Gasteiger charge is -2.12. The summed E-state index contributed by atoms with van der Waals surface area (Å²) in [4.78, 5) is 0. The van der Waals surface area contributed by atoms with Crippen molar-refractivity contribution in [3.8, 4) is 17.2 Å². The lowest BCUT2D eigenvalue weighted by Crippen LogP contribution is -2.25. The largest absolute Gasteiger partial charge is 0.508 e. The van der Waals surface area contributed by atoms with E-state index in [1.165, 1.54) is 0 Å². The average molecular weight is 345 g/mol. The molecule has 0 aliphatic heterocycles. The number of hydrogen-bond acceptors (Lipinski definition) is 5. The summed E-state index contributed by atoms with van der Waals surface area (Å²) in [7, 11) is 3.15. The molecule has 0 fully saturated rings. The van der Waals surface area contributed by atoms with Gasteiger partial charge in [0.2, 0.25) is 0 Å². The molecule has 0 amide bonds. The van der Waals surface area contributed by atoms with E-state index in [2.05, 4.69) is 15.8 Å². The van der Waals surface area contributed by atoms with Crippen LogP contribution in [0.25, 0.3) is 0 Å². The minimum Gasteiger partial charge on any atom is -0.508 e. The van der Waals surface area contributed by atoms with Gasteiger partial charge in [0.15, 0.2) is 16.6 Å². The number of hydrazone groups is 1. The van der Waals surface area contributed by atoms with Crippen LogP contribution in [0.4, 0.5) is 5.69 Å². The first kappa shape index (κ1) is 17.6. The lowest BCUT2D eigenvalue weighted by molar-refractivity contribution is 0.355. The molecule has 126 valence electrons. The summed E-state index contributed by atoms with van der Waals surface area (Å²) >= 11 is 5.22. The second-order valence-electron chi connectivity index (χ2n) is 4.88. The first-order chi connectivity index (χ1) is 11.5. The van der Waals surface area contributed by atoms with Gasteiger partial charge in [-0.1, -0.05) is 0 Å². The molecule has 0 bridgehead atoms. The molecule has 0 radical (unpaired) electrons. The van der Waals surface area contributed by atoms with Crippen molar-refractivity contribution in [1.29, 1.82) is 0 Å². The minimum atomic E-state index is 0.213. The summed E-state index contributed by atoms with van der Waals surface area (Å²) in [6.45, 7) is 1.85. The molecule has 6 nitrogen and oxygen atoms in total. The first-order valence-electron chi connectivity index (χ1n) is 7.16. The number of ether oxygens (including phenoxy) is 2. The Morgan fingerprint density at radius 2 is 1.71 bits per heavy atom. The van der Waals surface area contributed by atoms with Crippen molar-refractivity contribution in [3.05, 3.63) is 48.0 Å². The molecule has 0 aliphatic carbocycles. The summed E-state index contributed by atoms with van der Waals surface area (Å²) in [5.74, 6) is 1.46. The fourth-order valence-electron chi connectivity index (χ4n) is 1.97. The number of benzene rings is 2. The molecule has 3 N–H and O–H groups in total. The number of anilines is 1. The van der Waals surface area contributed by atoms with Gasteiger partial charge in [-0.25, -0.2) is 0 Å². The fourth-order valence-corrected chi connectivity index (χ4v) is 2.14. The third-order valence-electron chi connectivity index (χ3n) is 3.25. The fraction of sp³-hybridized carbons (Fsp3) is 0.176. The number of nitrogens with zero attached hydrogens (tertiary/aromatic N) is 1. The highest BCUT2D eigenvalue weighted by atomic mass is 32.1. The second kappa shape index (κ2) is 8.16. The molecule has 24 heavy (non-hydrogen) atoms. The summed E-state index contributed by atoms with van der Waals surface area (Å²) in [5, 5.41) is 16.9. The Labute approximate surface area is 146 Å². The quantitative estimate of drug-likeness (QED) is 0.439. The van der Waals surface area contributed by atoms with Gasteiger partial charge >= 0.3 is 0 Å². The van der Waals surface area contributed by atoms with Gasteiger partial charge in [0.1, 0.15) is 5.75 Å². The highest BCUT2D eigenvalue weighted by Gasteiger charge is 2.05. The Hall–Kier alpha value is -2.80. The highest BCUT2D eigenvalue weighted by molar-refractivity contribution is 7.80. The third kappa shape index (κ3) is 4.60. The summed E-state index contributed by atoms with van der Waals surface area (Å²) in [6.07, 6.45) is 0. The van der Waals surface area contributed by atoms with Crippen molar-refractivity contribution in [2.75, 3.05) is 19.5 Å². The number of nitrogens with one attached hydrogen (secondary N) is 2. The van der Waals surface area contributed by atoms with E-state index in [-0.39, 0.29) is 5.75 Å². The van der Waals surface area contributed by atoms with Crippen LogP contribution in [-0.4, -0.2) is 30.2 Å². The number of rotatable bonds is 5. The van der Waals surface area contributed by atoms with Crippen LogP contribution in [0.1, 0.15) is 12.5 Å². The Morgan fingerprint density at radius 3 is 2.33 bits per heavy atom. The van der Waals surface area contributed by atoms with E-state index in [4.69, 9.17) is 21.7 Å². The zero-order valence-corrected chi connectivity index (χ0v) is 14.5. The normalized spacial score (nSPS) is 10.9. The van der Waals surface area contributed by atoms with Crippen LogP contribution in [0.15, 0.2) is 47.6 Å². The molecule has 0 unspecified atom stereocenters. The van der Waals surface area contributed by atoms with Crippen LogP contribution >= 0.6 is 12.2 Å². The summed E-state index contributed by atoms with van der Waals surface area (Å²) in [5.41, 5.74) is 5.16. The van der Waals surface area contributed by atoms with Gasteiger partial charge in [-0.2, -0.15) is 5.10 Å². The van der Waals surface area contributed by atoms with Gasteiger partial charge in [-0.05, 0) is 61.1 Å². The van der Waals surface area contributed by atoms with Crippen molar-refractivity contribution in [1.82, 2.24) is 5.43 Å². The molecule has 2 aromatic rings. The van der Waals surface area contributed by atoms with Crippen molar-refractivity contribution in [2.24, 2.45) is 5.10 Å². The van der Waals surface area contributed by atoms with E-state index >= 15 is 0 Å². The summed E-state index contributed by atoms with van der Waals surface area (Å²) < 4.78 is 10.4. The van der Waals surface area contributed by atoms with Crippen LogP contribution in [-0.2, 0) is 0 Å². The predicted octanol–water partition coefficient (Wildman–Crippen LogP) is 3.12. The van der Waals surface area contributed by atoms with E-state index in [9.17, 15) is 5.11 Å². The van der Waals surface area contributed by atoms with Gasteiger partial charge in [-0.3, -0.25) is 5.43 Å². The predicted molar refractivity (Wildman–Crippen MR) is 99.2 cm³/mol. The number of aromatic hydroxyl groups is 1. The number of thiocarbonyl (C=S) groups is 1. The highest BCUT2D eigenvalue weighted by Crippen LogP contribution is 2.29. The SMILES string of the molecule is COc1ccc(NC(=S)N/N=C(\C)c2ccc(O)cc2)cc1OC. The van der Waals surface area contributed by atoms with Crippen LogP contribution in [0.5, 0.6) is 17.2 Å². The molecule has 0 heterocycles. The Balaban J connectivity index is 2.00. The number of phenolic OH excluding ortho intramolecular Hbond substituents is 1. The Bertz CT molecular complexity index is 745. The van der Waals surface area contributed by atoms with Gasteiger partial charge in [0, 0.05) is 11.8 Å². The second-order valence-corrected chi connectivity index (χ2v) is 5.29. The number of methoxy groups -OCH3 is 2. The van der Waals surface area contributed by atoms with E-state index in [0.29, 0.717) is 16.6 Å². The average Bonchev–Trinajstić information content (AvgIpc) is 2.60. The Morgan fingerprint density at radius 1 is 1.04 bits per heavy atom. The summed E-state index contributed by atoms with van der Waals surface area (Å²) in [6, 6.07) is 12.2. The molecule has 2 rings (SSSR count). The van der Waals surface area contributed by atoms with Crippen molar-refractivity contribution < 1.29 is 14.6 Å². The molecule has 0 aliphatic rings. The standard InChI is InChI=1S/C17H19N3O3S/c1-11(12-4-7-14(21)8-5-12)19-20-17(24)18-13-6-9-15(22-2)16(10-13)23-3/h4-10,21H,1-3H3,(H2,18,20,24)/b19-11+. The van der Waals surface area contributed by atoms with Gasteiger partial charge in [0.05, 0.1) is 19.9 Å². The van der Waals surface area contributed by atoms with E-state index in [1.54, 1.807) is 50.6 Å². The monoisotopic (exact) mass is 345 g/mol. The topological polar surface area (TPSA) is 75.1 Å². The smallest absolute Gasteiger partial charge is 0.191 e.